The van der Waals surface area contributed by atoms with Gasteiger partial charge in [0.2, 0.25) is 5.91 Å². The summed E-state index contributed by atoms with van der Waals surface area (Å²) in [6, 6.07) is 3.44. The van der Waals surface area contributed by atoms with E-state index in [2.05, 4.69) is 0 Å². The molecule has 1 aliphatic heterocycles. The summed E-state index contributed by atoms with van der Waals surface area (Å²) in [6.07, 6.45) is 0.790. The van der Waals surface area contributed by atoms with E-state index < -0.39 is 11.6 Å². The van der Waals surface area contributed by atoms with Crippen LogP contribution in [0.5, 0.6) is 0 Å². The van der Waals surface area contributed by atoms with E-state index in [0.717, 1.165) is 12.1 Å². The standard InChI is InChI=1S/C13H13F2NO2/c14-11-2-1-9(7-12(11)15)8-13(18)16-5-3-10(17)4-6-16/h1-2,7H,3-6,8H2. The lowest BCUT2D eigenvalue weighted by molar-refractivity contribution is -0.133. The molecule has 96 valence electrons. The zero-order chi connectivity index (χ0) is 13.1. The maximum absolute atomic E-state index is 13.0. The molecule has 1 aromatic carbocycles. The van der Waals surface area contributed by atoms with Crippen LogP contribution in [0.3, 0.4) is 0 Å². The van der Waals surface area contributed by atoms with Crippen LogP contribution in [-0.2, 0) is 16.0 Å². The molecule has 18 heavy (non-hydrogen) atoms. The van der Waals surface area contributed by atoms with E-state index in [1.165, 1.54) is 6.07 Å². The Balaban J connectivity index is 1.98. The van der Waals surface area contributed by atoms with Crippen molar-refractivity contribution in [2.45, 2.75) is 19.3 Å². The van der Waals surface area contributed by atoms with Crippen LogP contribution in [0.4, 0.5) is 8.78 Å². The summed E-state index contributed by atoms with van der Waals surface area (Å²) < 4.78 is 25.7. The molecule has 0 atom stereocenters. The molecule has 1 aliphatic rings. The number of nitrogens with zero attached hydrogens (tertiary/aromatic N) is 1. The van der Waals surface area contributed by atoms with Crippen LogP contribution in [0.25, 0.3) is 0 Å². The smallest absolute Gasteiger partial charge is 0.227 e. The van der Waals surface area contributed by atoms with Gasteiger partial charge in [-0.05, 0) is 17.7 Å². The van der Waals surface area contributed by atoms with Crippen LogP contribution < -0.4 is 0 Å². The molecule has 0 radical (unpaired) electrons. The number of carbonyl (C=O) groups excluding carboxylic acids is 2. The Bertz CT molecular complexity index is 478. The highest BCUT2D eigenvalue weighted by Crippen LogP contribution is 2.12. The first-order valence-electron chi connectivity index (χ1n) is 5.79. The van der Waals surface area contributed by atoms with Crippen LogP contribution in [0.2, 0.25) is 0 Å². The Morgan fingerprint density at radius 2 is 1.83 bits per heavy atom. The van der Waals surface area contributed by atoms with Gasteiger partial charge in [0.1, 0.15) is 5.78 Å². The SMILES string of the molecule is O=C1CCN(C(=O)Cc2ccc(F)c(F)c2)CC1. The first kappa shape index (κ1) is 12.7. The summed E-state index contributed by atoms with van der Waals surface area (Å²) in [7, 11) is 0. The van der Waals surface area contributed by atoms with E-state index >= 15 is 0 Å². The molecule has 0 spiro atoms. The van der Waals surface area contributed by atoms with Gasteiger partial charge in [-0.2, -0.15) is 0 Å². The van der Waals surface area contributed by atoms with Crippen molar-refractivity contribution in [1.82, 2.24) is 4.90 Å². The molecule has 3 nitrogen and oxygen atoms in total. The molecular formula is C13H13F2NO2. The summed E-state index contributed by atoms with van der Waals surface area (Å²) in [5.41, 5.74) is 0.441. The lowest BCUT2D eigenvalue weighted by atomic mass is 10.1. The number of rotatable bonds is 2. The molecular weight excluding hydrogens is 240 g/mol. The van der Waals surface area contributed by atoms with Gasteiger partial charge >= 0.3 is 0 Å². The molecule has 0 saturated carbocycles. The zero-order valence-corrected chi connectivity index (χ0v) is 9.79. The number of carbonyl (C=O) groups is 2. The summed E-state index contributed by atoms with van der Waals surface area (Å²) in [6.45, 7) is 0.836. The van der Waals surface area contributed by atoms with Crippen molar-refractivity contribution < 1.29 is 18.4 Å². The predicted octanol–water partition coefficient (Wildman–Crippen LogP) is 1.70. The van der Waals surface area contributed by atoms with Gasteiger partial charge in [0.05, 0.1) is 6.42 Å². The van der Waals surface area contributed by atoms with Gasteiger partial charge in [0.25, 0.3) is 0 Å². The highest BCUT2D eigenvalue weighted by atomic mass is 19.2. The van der Waals surface area contributed by atoms with Crippen LogP contribution in [0.15, 0.2) is 18.2 Å². The monoisotopic (exact) mass is 253 g/mol. The number of likely N-dealkylation sites (tertiary alicyclic amines) is 1. The quantitative estimate of drug-likeness (QED) is 0.804. The van der Waals surface area contributed by atoms with E-state index in [1.54, 1.807) is 4.90 Å². The van der Waals surface area contributed by atoms with Crippen LogP contribution in [-0.4, -0.2) is 29.7 Å². The third-order valence-electron chi connectivity index (χ3n) is 3.01. The zero-order valence-electron chi connectivity index (χ0n) is 9.79. The summed E-state index contributed by atoms with van der Waals surface area (Å²) >= 11 is 0. The molecule has 0 aromatic heterocycles. The molecule has 1 saturated heterocycles. The largest absolute Gasteiger partial charge is 0.342 e. The average molecular weight is 253 g/mol. The average Bonchev–Trinajstić information content (AvgIpc) is 2.34. The molecule has 1 aromatic rings. The number of hydrogen-bond donors (Lipinski definition) is 0. The number of halogens is 2. The van der Waals surface area contributed by atoms with Gasteiger partial charge in [0, 0.05) is 25.9 Å². The van der Waals surface area contributed by atoms with Gasteiger partial charge in [0.15, 0.2) is 11.6 Å². The van der Waals surface area contributed by atoms with Crippen LogP contribution >= 0.6 is 0 Å². The minimum Gasteiger partial charge on any atom is -0.342 e. The van der Waals surface area contributed by atoms with Crippen molar-refractivity contribution in [3.63, 3.8) is 0 Å². The third-order valence-corrected chi connectivity index (χ3v) is 3.01. The Hall–Kier alpha value is -1.78. The summed E-state index contributed by atoms with van der Waals surface area (Å²) in [4.78, 5) is 24.5. The number of Topliss-reactive ketones (excluding diaryl/α,β-unsaturated/α-hetero) is 1. The lowest BCUT2D eigenvalue weighted by Gasteiger charge is -2.26. The fourth-order valence-electron chi connectivity index (χ4n) is 1.94. The van der Waals surface area contributed by atoms with E-state index in [9.17, 15) is 18.4 Å². The summed E-state index contributed by atoms with van der Waals surface area (Å²) in [5.74, 6) is -1.87. The van der Waals surface area contributed by atoms with Crippen LogP contribution in [0, 0.1) is 11.6 Å². The van der Waals surface area contributed by atoms with E-state index in [-0.39, 0.29) is 18.1 Å². The topological polar surface area (TPSA) is 37.4 Å². The minimum atomic E-state index is -0.950. The summed E-state index contributed by atoms with van der Waals surface area (Å²) in [5, 5.41) is 0. The maximum atomic E-state index is 13.0. The van der Waals surface area contributed by atoms with Crippen LogP contribution in [0.1, 0.15) is 18.4 Å². The molecule has 0 unspecified atom stereocenters. The minimum absolute atomic E-state index is 0.0331. The Morgan fingerprint density at radius 1 is 1.17 bits per heavy atom. The molecule has 2 rings (SSSR count). The second-order valence-corrected chi connectivity index (χ2v) is 4.34. The number of ketones is 1. The lowest BCUT2D eigenvalue weighted by Crippen LogP contribution is -2.39. The molecule has 1 fully saturated rings. The van der Waals surface area contributed by atoms with E-state index in [4.69, 9.17) is 0 Å². The Labute approximate surface area is 103 Å². The fourth-order valence-corrected chi connectivity index (χ4v) is 1.94. The van der Waals surface area contributed by atoms with E-state index in [1.807, 2.05) is 0 Å². The fraction of sp³-hybridized carbons (Fsp3) is 0.385. The van der Waals surface area contributed by atoms with Gasteiger partial charge in [-0.3, -0.25) is 9.59 Å². The van der Waals surface area contributed by atoms with Gasteiger partial charge < -0.3 is 4.90 Å². The first-order valence-corrected chi connectivity index (χ1v) is 5.79. The van der Waals surface area contributed by atoms with Gasteiger partial charge in [-0.1, -0.05) is 6.07 Å². The number of piperidine rings is 1. The highest BCUT2D eigenvalue weighted by Gasteiger charge is 2.20. The van der Waals surface area contributed by atoms with Crippen molar-refractivity contribution in [2.24, 2.45) is 0 Å². The highest BCUT2D eigenvalue weighted by molar-refractivity contribution is 5.84. The number of hydrogen-bond acceptors (Lipinski definition) is 2. The van der Waals surface area contributed by atoms with Crippen molar-refractivity contribution in [3.05, 3.63) is 35.4 Å². The number of amides is 1. The molecule has 5 heteroatoms. The van der Waals surface area contributed by atoms with Crippen molar-refractivity contribution in [3.8, 4) is 0 Å². The number of benzene rings is 1. The first-order chi connectivity index (χ1) is 8.56. The third kappa shape index (κ3) is 2.91. The predicted molar refractivity (Wildman–Crippen MR) is 60.9 cm³/mol. The van der Waals surface area contributed by atoms with Crippen molar-refractivity contribution >= 4 is 11.7 Å². The molecule has 1 heterocycles. The molecule has 0 bridgehead atoms. The van der Waals surface area contributed by atoms with Gasteiger partial charge in [-0.15, -0.1) is 0 Å². The molecule has 0 aliphatic carbocycles. The van der Waals surface area contributed by atoms with E-state index in [0.29, 0.717) is 31.5 Å². The van der Waals surface area contributed by atoms with Crippen molar-refractivity contribution in [1.29, 1.82) is 0 Å². The second kappa shape index (κ2) is 5.25. The second-order valence-electron chi connectivity index (χ2n) is 4.34. The normalized spacial score (nSPS) is 15.9. The Kier molecular flexibility index (Phi) is 3.69. The molecule has 0 N–H and O–H groups in total. The Morgan fingerprint density at radius 3 is 2.44 bits per heavy atom. The van der Waals surface area contributed by atoms with Crippen molar-refractivity contribution in [2.75, 3.05) is 13.1 Å². The van der Waals surface area contributed by atoms with Gasteiger partial charge in [-0.25, -0.2) is 8.78 Å². The maximum Gasteiger partial charge on any atom is 0.227 e. The molecule has 1 amide bonds.